The SMILES string of the molecule is CCc1ccc(C(=O)Nc2ncc[nH]2)o1. The van der Waals surface area contributed by atoms with Crippen molar-refractivity contribution >= 4 is 11.9 Å². The molecule has 0 aliphatic carbocycles. The number of nitrogens with zero attached hydrogens (tertiary/aromatic N) is 1. The highest BCUT2D eigenvalue weighted by Gasteiger charge is 2.11. The van der Waals surface area contributed by atoms with Crippen molar-refractivity contribution in [2.75, 3.05) is 5.32 Å². The Morgan fingerprint density at radius 3 is 3.07 bits per heavy atom. The minimum Gasteiger partial charge on any atom is -0.456 e. The van der Waals surface area contributed by atoms with E-state index in [9.17, 15) is 4.79 Å². The van der Waals surface area contributed by atoms with E-state index in [4.69, 9.17) is 4.42 Å². The number of carbonyl (C=O) groups is 1. The highest BCUT2D eigenvalue weighted by atomic mass is 16.3. The lowest BCUT2D eigenvalue weighted by atomic mass is 10.3. The van der Waals surface area contributed by atoms with Gasteiger partial charge in [0.1, 0.15) is 5.76 Å². The van der Waals surface area contributed by atoms with Gasteiger partial charge in [0, 0.05) is 18.8 Å². The van der Waals surface area contributed by atoms with Crippen molar-refractivity contribution in [2.24, 2.45) is 0 Å². The number of aromatic amines is 1. The third-order valence-corrected chi connectivity index (χ3v) is 1.96. The summed E-state index contributed by atoms with van der Waals surface area (Å²) in [6, 6.07) is 3.44. The lowest BCUT2D eigenvalue weighted by Gasteiger charge is -1.97. The maximum atomic E-state index is 11.6. The Morgan fingerprint density at radius 1 is 1.60 bits per heavy atom. The van der Waals surface area contributed by atoms with Crippen molar-refractivity contribution in [1.29, 1.82) is 0 Å². The van der Waals surface area contributed by atoms with E-state index in [1.165, 1.54) is 0 Å². The number of hydrogen-bond acceptors (Lipinski definition) is 3. The average Bonchev–Trinajstić information content (AvgIpc) is 2.86. The van der Waals surface area contributed by atoms with Crippen LogP contribution in [0.5, 0.6) is 0 Å². The first kappa shape index (κ1) is 9.51. The molecule has 0 unspecified atom stereocenters. The predicted molar refractivity (Wildman–Crippen MR) is 54.6 cm³/mol. The van der Waals surface area contributed by atoms with Gasteiger partial charge in [-0.3, -0.25) is 10.1 Å². The van der Waals surface area contributed by atoms with Gasteiger partial charge in [-0.15, -0.1) is 0 Å². The van der Waals surface area contributed by atoms with Gasteiger partial charge in [-0.1, -0.05) is 6.92 Å². The standard InChI is InChI=1S/C10H11N3O2/c1-2-7-3-4-8(15-7)9(14)13-10-11-5-6-12-10/h3-6H,2H2,1H3,(H2,11,12,13,14). The van der Waals surface area contributed by atoms with Crippen LogP contribution < -0.4 is 5.32 Å². The quantitative estimate of drug-likeness (QED) is 0.802. The number of furan rings is 1. The predicted octanol–water partition coefficient (Wildman–Crippen LogP) is 1.82. The van der Waals surface area contributed by atoms with E-state index in [0.29, 0.717) is 11.7 Å². The fraction of sp³-hybridized carbons (Fsp3) is 0.200. The van der Waals surface area contributed by atoms with Gasteiger partial charge in [0.2, 0.25) is 5.95 Å². The van der Waals surface area contributed by atoms with Crippen molar-refractivity contribution in [1.82, 2.24) is 9.97 Å². The van der Waals surface area contributed by atoms with Gasteiger partial charge >= 0.3 is 0 Å². The number of hydrogen-bond donors (Lipinski definition) is 2. The van der Waals surface area contributed by atoms with Gasteiger partial charge in [0.25, 0.3) is 5.91 Å². The van der Waals surface area contributed by atoms with Crippen molar-refractivity contribution in [3.05, 3.63) is 36.0 Å². The largest absolute Gasteiger partial charge is 0.456 e. The highest BCUT2D eigenvalue weighted by molar-refractivity contribution is 6.01. The van der Waals surface area contributed by atoms with Crippen molar-refractivity contribution in [3.8, 4) is 0 Å². The van der Waals surface area contributed by atoms with Crippen molar-refractivity contribution < 1.29 is 9.21 Å². The van der Waals surface area contributed by atoms with E-state index in [0.717, 1.165) is 12.2 Å². The highest BCUT2D eigenvalue weighted by Crippen LogP contribution is 2.09. The molecule has 2 aromatic heterocycles. The van der Waals surface area contributed by atoms with Gasteiger partial charge in [-0.05, 0) is 12.1 Å². The number of rotatable bonds is 3. The van der Waals surface area contributed by atoms with Crippen LogP contribution in [0.25, 0.3) is 0 Å². The molecule has 0 saturated heterocycles. The van der Waals surface area contributed by atoms with Crippen molar-refractivity contribution in [2.45, 2.75) is 13.3 Å². The number of H-pyrrole nitrogens is 1. The number of aromatic nitrogens is 2. The normalized spacial score (nSPS) is 10.2. The fourth-order valence-electron chi connectivity index (χ4n) is 1.19. The van der Waals surface area contributed by atoms with Crippen LogP contribution in [-0.4, -0.2) is 15.9 Å². The first-order chi connectivity index (χ1) is 7.29. The Labute approximate surface area is 86.5 Å². The molecule has 2 heterocycles. The van der Waals surface area contributed by atoms with Gasteiger partial charge in [0.05, 0.1) is 0 Å². The summed E-state index contributed by atoms with van der Waals surface area (Å²) >= 11 is 0. The molecule has 0 saturated carbocycles. The van der Waals surface area contributed by atoms with E-state index in [1.807, 2.05) is 6.92 Å². The van der Waals surface area contributed by atoms with Gasteiger partial charge in [-0.25, -0.2) is 4.98 Å². The molecule has 0 aromatic carbocycles. The Hall–Kier alpha value is -2.04. The smallest absolute Gasteiger partial charge is 0.293 e. The number of imidazole rings is 1. The molecule has 0 bridgehead atoms. The molecule has 5 heteroatoms. The first-order valence-electron chi connectivity index (χ1n) is 4.69. The Balaban J connectivity index is 2.08. The summed E-state index contributed by atoms with van der Waals surface area (Å²) in [5.41, 5.74) is 0. The third kappa shape index (κ3) is 2.07. The molecule has 0 atom stereocenters. The lowest BCUT2D eigenvalue weighted by Crippen LogP contribution is -2.11. The number of carbonyl (C=O) groups excluding carboxylic acids is 1. The molecule has 0 fully saturated rings. The van der Waals surface area contributed by atoms with Crippen LogP contribution >= 0.6 is 0 Å². The minimum absolute atomic E-state index is 0.295. The minimum atomic E-state index is -0.301. The molecule has 2 N–H and O–H groups in total. The summed E-state index contributed by atoms with van der Waals surface area (Å²) in [4.78, 5) is 18.2. The number of nitrogens with one attached hydrogen (secondary N) is 2. The third-order valence-electron chi connectivity index (χ3n) is 1.96. The van der Waals surface area contributed by atoms with Crippen LogP contribution in [0.15, 0.2) is 28.9 Å². The van der Waals surface area contributed by atoms with Crippen LogP contribution in [0.3, 0.4) is 0 Å². The molecule has 0 aliphatic rings. The molecule has 0 spiro atoms. The van der Waals surface area contributed by atoms with Gasteiger partial charge in [-0.2, -0.15) is 0 Å². The fourth-order valence-corrected chi connectivity index (χ4v) is 1.19. The van der Waals surface area contributed by atoms with E-state index in [-0.39, 0.29) is 5.91 Å². The zero-order chi connectivity index (χ0) is 10.7. The zero-order valence-corrected chi connectivity index (χ0v) is 8.28. The number of amides is 1. The Bertz CT molecular complexity index is 445. The summed E-state index contributed by atoms with van der Waals surface area (Å²) < 4.78 is 5.29. The Morgan fingerprint density at radius 2 is 2.47 bits per heavy atom. The second-order valence-corrected chi connectivity index (χ2v) is 3.01. The van der Waals surface area contributed by atoms with E-state index in [2.05, 4.69) is 15.3 Å². The molecule has 1 amide bonds. The van der Waals surface area contributed by atoms with E-state index < -0.39 is 0 Å². The number of aryl methyl sites for hydroxylation is 1. The molecular weight excluding hydrogens is 194 g/mol. The maximum absolute atomic E-state index is 11.6. The summed E-state index contributed by atoms with van der Waals surface area (Å²) in [6.07, 6.45) is 3.97. The summed E-state index contributed by atoms with van der Waals surface area (Å²) in [6.45, 7) is 1.97. The average molecular weight is 205 g/mol. The lowest BCUT2D eigenvalue weighted by molar-refractivity contribution is 0.0994. The molecule has 2 aromatic rings. The van der Waals surface area contributed by atoms with Crippen LogP contribution in [0.2, 0.25) is 0 Å². The molecule has 2 rings (SSSR count). The maximum Gasteiger partial charge on any atom is 0.293 e. The van der Waals surface area contributed by atoms with Crippen LogP contribution in [0, 0.1) is 0 Å². The van der Waals surface area contributed by atoms with Gasteiger partial charge < -0.3 is 9.40 Å². The second kappa shape index (κ2) is 4.00. The summed E-state index contributed by atoms with van der Waals surface area (Å²) in [5.74, 6) is 1.20. The molecule has 5 nitrogen and oxygen atoms in total. The summed E-state index contributed by atoms with van der Waals surface area (Å²) in [5, 5.41) is 2.58. The van der Waals surface area contributed by atoms with E-state index >= 15 is 0 Å². The van der Waals surface area contributed by atoms with Crippen LogP contribution in [0.4, 0.5) is 5.95 Å². The molecular formula is C10H11N3O2. The van der Waals surface area contributed by atoms with Gasteiger partial charge in [0.15, 0.2) is 5.76 Å². The molecule has 0 aliphatic heterocycles. The molecule has 0 radical (unpaired) electrons. The number of anilines is 1. The van der Waals surface area contributed by atoms with Crippen LogP contribution in [0.1, 0.15) is 23.2 Å². The molecule has 78 valence electrons. The Kier molecular flexibility index (Phi) is 2.53. The molecule has 15 heavy (non-hydrogen) atoms. The van der Waals surface area contributed by atoms with Crippen molar-refractivity contribution in [3.63, 3.8) is 0 Å². The zero-order valence-electron chi connectivity index (χ0n) is 8.28. The topological polar surface area (TPSA) is 70.9 Å². The first-order valence-corrected chi connectivity index (χ1v) is 4.69. The second-order valence-electron chi connectivity index (χ2n) is 3.01. The van der Waals surface area contributed by atoms with E-state index in [1.54, 1.807) is 24.5 Å². The monoisotopic (exact) mass is 205 g/mol. The summed E-state index contributed by atoms with van der Waals surface area (Å²) in [7, 11) is 0. The van der Waals surface area contributed by atoms with Crippen LogP contribution in [-0.2, 0) is 6.42 Å².